The molecule has 0 aromatic rings. The second kappa shape index (κ2) is 5.60. The highest BCUT2D eigenvalue weighted by Gasteiger charge is 2.42. The van der Waals surface area contributed by atoms with Gasteiger partial charge in [0.15, 0.2) is 5.17 Å². The number of urea groups is 1. The summed E-state index contributed by atoms with van der Waals surface area (Å²) in [5.41, 5.74) is 0. The van der Waals surface area contributed by atoms with Crippen molar-refractivity contribution in [2.24, 2.45) is 5.10 Å². The fourth-order valence-electron chi connectivity index (χ4n) is 1.53. The van der Waals surface area contributed by atoms with Crippen LogP contribution in [0.3, 0.4) is 0 Å². The standard InChI is InChI=1S/C11H20N4O2S/c1-6-8(16)15-11(3,7-2)18-10(13-15)14(5)9(17)12-4/h6-7H2,1-5H3,(H,12,17). The van der Waals surface area contributed by atoms with Crippen LogP contribution in [-0.4, -0.2) is 46.0 Å². The highest BCUT2D eigenvalue weighted by Crippen LogP contribution is 2.40. The molecule has 1 unspecified atom stereocenters. The Morgan fingerprint density at radius 3 is 2.56 bits per heavy atom. The van der Waals surface area contributed by atoms with Crippen LogP contribution in [0.15, 0.2) is 5.10 Å². The second-order valence-electron chi connectivity index (χ2n) is 4.19. The molecular weight excluding hydrogens is 252 g/mol. The van der Waals surface area contributed by atoms with Crippen molar-refractivity contribution in [3.05, 3.63) is 0 Å². The molecule has 3 amide bonds. The van der Waals surface area contributed by atoms with Crippen molar-refractivity contribution >= 4 is 28.9 Å². The van der Waals surface area contributed by atoms with Crippen LogP contribution in [0.25, 0.3) is 0 Å². The zero-order valence-electron chi connectivity index (χ0n) is 11.5. The molecular formula is C11H20N4O2S. The Balaban J connectivity index is 2.98. The first-order chi connectivity index (χ1) is 8.39. The molecule has 18 heavy (non-hydrogen) atoms. The van der Waals surface area contributed by atoms with Crippen LogP contribution in [0, 0.1) is 0 Å². The van der Waals surface area contributed by atoms with E-state index < -0.39 is 4.87 Å². The van der Waals surface area contributed by atoms with Crippen molar-refractivity contribution in [1.82, 2.24) is 15.2 Å². The van der Waals surface area contributed by atoms with Gasteiger partial charge in [-0.1, -0.05) is 25.6 Å². The van der Waals surface area contributed by atoms with E-state index in [1.807, 2.05) is 13.8 Å². The van der Waals surface area contributed by atoms with Gasteiger partial charge in [0.1, 0.15) is 4.87 Å². The fraction of sp³-hybridized carbons (Fsp3) is 0.727. The van der Waals surface area contributed by atoms with E-state index in [4.69, 9.17) is 0 Å². The number of thioether (sulfide) groups is 1. The summed E-state index contributed by atoms with van der Waals surface area (Å²) in [6.45, 7) is 5.76. The average Bonchev–Trinajstić information content (AvgIpc) is 2.74. The van der Waals surface area contributed by atoms with Gasteiger partial charge in [-0.25, -0.2) is 9.80 Å². The minimum absolute atomic E-state index is 0.0350. The van der Waals surface area contributed by atoms with Gasteiger partial charge in [-0.2, -0.15) is 0 Å². The Labute approximate surface area is 112 Å². The Morgan fingerprint density at radius 2 is 2.11 bits per heavy atom. The third kappa shape index (κ3) is 2.60. The molecule has 1 rings (SSSR count). The molecule has 0 bridgehead atoms. The molecule has 6 nitrogen and oxygen atoms in total. The highest BCUT2D eigenvalue weighted by atomic mass is 32.2. The molecule has 102 valence electrons. The van der Waals surface area contributed by atoms with Crippen molar-refractivity contribution < 1.29 is 9.59 Å². The molecule has 0 saturated carbocycles. The third-order valence-corrected chi connectivity index (χ3v) is 4.38. The largest absolute Gasteiger partial charge is 0.341 e. The summed E-state index contributed by atoms with van der Waals surface area (Å²) in [6, 6.07) is -0.245. The second-order valence-corrected chi connectivity index (χ2v) is 5.64. The molecule has 0 spiro atoms. The summed E-state index contributed by atoms with van der Waals surface area (Å²) in [5.74, 6) is -0.0350. The lowest BCUT2D eigenvalue weighted by molar-refractivity contribution is -0.133. The molecule has 1 atom stereocenters. The Hall–Kier alpha value is -1.24. The Kier molecular flexibility index (Phi) is 4.61. The summed E-state index contributed by atoms with van der Waals surface area (Å²) in [6.07, 6.45) is 1.16. The molecule has 0 aliphatic carbocycles. The van der Waals surface area contributed by atoms with Crippen LogP contribution in [0.2, 0.25) is 0 Å². The molecule has 1 heterocycles. The van der Waals surface area contributed by atoms with Crippen LogP contribution in [0.1, 0.15) is 33.6 Å². The van der Waals surface area contributed by atoms with E-state index in [9.17, 15) is 9.59 Å². The predicted octanol–water partition coefficient (Wildman–Crippen LogP) is 1.64. The summed E-state index contributed by atoms with van der Waals surface area (Å²) in [5, 5.41) is 8.85. The minimum Gasteiger partial charge on any atom is -0.341 e. The van der Waals surface area contributed by atoms with Crippen LogP contribution in [0.5, 0.6) is 0 Å². The van der Waals surface area contributed by atoms with Crippen LogP contribution in [-0.2, 0) is 4.79 Å². The molecule has 7 heteroatoms. The molecule has 1 N–H and O–H groups in total. The van der Waals surface area contributed by atoms with Crippen LogP contribution < -0.4 is 5.32 Å². The highest BCUT2D eigenvalue weighted by molar-refractivity contribution is 8.15. The van der Waals surface area contributed by atoms with Gasteiger partial charge in [0.05, 0.1) is 0 Å². The number of nitrogens with one attached hydrogen (secondary N) is 1. The van der Waals surface area contributed by atoms with Gasteiger partial charge in [0.2, 0.25) is 5.91 Å². The average molecular weight is 272 g/mol. The SMILES string of the molecule is CCC(=O)N1N=C(N(C)C(=O)NC)SC1(C)CC. The lowest BCUT2D eigenvalue weighted by atomic mass is 10.2. The lowest BCUT2D eigenvalue weighted by Crippen LogP contribution is -2.40. The quantitative estimate of drug-likeness (QED) is 0.831. The molecule has 0 aromatic carbocycles. The molecule has 1 aliphatic heterocycles. The Bertz CT molecular complexity index is 385. The Morgan fingerprint density at radius 1 is 1.50 bits per heavy atom. The van der Waals surface area contributed by atoms with Gasteiger partial charge in [0.25, 0.3) is 0 Å². The number of hydrogen-bond donors (Lipinski definition) is 1. The maximum atomic E-state index is 11.9. The molecule has 0 radical (unpaired) electrons. The fourth-order valence-corrected chi connectivity index (χ4v) is 2.64. The van der Waals surface area contributed by atoms with E-state index in [-0.39, 0.29) is 11.9 Å². The predicted molar refractivity (Wildman–Crippen MR) is 73.1 cm³/mol. The number of hydrogen-bond acceptors (Lipinski definition) is 4. The van der Waals surface area contributed by atoms with Crippen molar-refractivity contribution in [3.8, 4) is 0 Å². The van der Waals surface area contributed by atoms with Gasteiger partial charge < -0.3 is 5.32 Å². The first-order valence-electron chi connectivity index (χ1n) is 5.95. The lowest BCUT2D eigenvalue weighted by Gasteiger charge is -2.30. The molecule has 1 aliphatic rings. The van der Waals surface area contributed by atoms with E-state index in [1.54, 1.807) is 21.0 Å². The third-order valence-electron chi connectivity index (χ3n) is 2.94. The van der Waals surface area contributed by atoms with E-state index in [1.165, 1.54) is 21.7 Å². The zero-order chi connectivity index (χ0) is 13.9. The molecule has 0 fully saturated rings. The number of nitrogens with zero attached hydrogens (tertiary/aromatic N) is 3. The van der Waals surface area contributed by atoms with Crippen LogP contribution >= 0.6 is 11.8 Å². The van der Waals surface area contributed by atoms with E-state index in [2.05, 4.69) is 10.4 Å². The summed E-state index contributed by atoms with van der Waals surface area (Å²) in [7, 11) is 3.20. The first-order valence-corrected chi connectivity index (χ1v) is 6.77. The van der Waals surface area contributed by atoms with Crippen molar-refractivity contribution in [2.45, 2.75) is 38.5 Å². The number of amides is 3. The number of hydrazone groups is 1. The van der Waals surface area contributed by atoms with Crippen molar-refractivity contribution in [3.63, 3.8) is 0 Å². The van der Waals surface area contributed by atoms with E-state index in [0.717, 1.165) is 6.42 Å². The minimum atomic E-state index is -0.412. The molecule has 0 saturated heterocycles. The van der Waals surface area contributed by atoms with Gasteiger partial charge >= 0.3 is 6.03 Å². The number of amidine groups is 1. The van der Waals surface area contributed by atoms with Gasteiger partial charge in [-0.05, 0) is 13.3 Å². The first kappa shape index (κ1) is 14.8. The number of rotatable bonds is 2. The maximum Gasteiger partial charge on any atom is 0.322 e. The topological polar surface area (TPSA) is 65.0 Å². The van der Waals surface area contributed by atoms with Crippen molar-refractivity contribution in [2.75, 3.05) is 14.1 Å². The summed E-state index contributed by atoms with van der Waals surface area (Å²) >= 11 is 1.44. The van der Waals surface area contributed by atoms with Gasteiger partial charge in [-0.15, -0.1) is 5.10 Å². The molecule has 0 aromatic heterocycles. The maximum absolute atomic E-state index is 11.9. The zero-order valence-corrected chi connectivity index (χ0v) is 12.3. The van der Waals surface area contributed by atoms with Crippen molar-refractivity contribution in [1.29, 1.82) is 0 Å². The summed E-state index contributed by atoms with van der Waals surface area (Å²) < 4.78 is 0. The van der Waals surface area contributed by atoms with E-state index in [0.29, 0.717) is 11.6 Å². The van der Waals surface area contributed by atoms with Gasteiger partial charge in [0, 0.05) is 20.5 Å². The smallest absolute Gasteiger partial charge is 0.322 e. The monoisotopic (exact) mass is 272 g/mol. The van der Waals surface area contributed by atoms with Gasteiger partial charge in [-0.3, -0.25) is 9.69 Å². The number of carbonyl (C=O) groups excluding carboxylic acids is 2. The summed E-state index contributed by atoms with van der Waals surface area (Å²) in [4.78, 5) is 24.5. The van der Waals surface area contributed by atoms with Crippen LogP contribution in [0.4, 0.5) is 4.79 Å². The normalized spacial score (nSPS) is 22.7. The number of carbonyl (C=O) groups is 2. The van der Waals surface area contributed by atoms with E-state index >= 15 is 0 Å².